The van der Waals surface area contributed by atoms with Crippen molar-refractivity contribution in [1.82, 2.24) is 20.6 Å². The maximum atomic E-state index is 12.5. The number of nitrogens with one attached hydrogen (secondary N) is 2. The number of urea groups is 1. The van der Waals surface area contributed by atoms with E-state index in [1.807, 2.05) is 25.1 Å². The van der Waals surface area contributed by atoms with Gasteiger partial charge in [0.2, 0.25) is 0 Å². The lowest BCUT2D eigenvalue weighted by Crippen LogP contribution is -2.45. The number of hydrogen-bond acceptors (Lipinski definition) is 3. The number of nitrogens with zero attached hydrogens (tertiary/aromatic N) is 2. The van der Waals surface area contributed by atoms with Crippen molar-refractivity contribution >= 4 is 22.0 Å². The first-order valence-electron chi connectivity index (χ1n) is 7.96. The fourth-order valence-corrected chi connectivity index (χ4v) is 3.36. The third-order valence-electron chi connectivity index (χ3n) is 4.71. The van der Waals surface area contributed by atoms with E-state index in [0.717, 1.165) is 16.5 Å². The van der Waals surface area contributed by atoms with Gasteiger partial charge in [0.25, 0.3) is 0 Å². The number of aromatic nitrogens is 2. The molecule has 1 aromatic carbocycles. The summed E-state index contributed by atoms with van der Waals surface area (Å²) in [6, 6.07) is 9.65. The van der Waals surface area contributed by atoms with E-state index in [-0.39, 0.29) is 23.0 Å². The molecular weight excluding hydrogens is 368 g/mol. The minimum atomic E-state index is -0.321. The quantitative estimate of drug-likeness (QED) is 0.833. The summed E-state index contributed by atoms with van der Waals surface area (Å²) in [5, 5.41) is 6.10. The third kappa shape index (κ3) is 3.15. The van der Waals surface area contributed by atoms with Crippen LogP contribution < -0.4 is 10.6 Å². The Bertz CT molecular complexity index is 732. The Hall–Kier alpha value is -1.95. The van der Waals surface area contributed by atoms with Crippen LogP contribution in [0, 0.1) is 5.41 Å². The van der Waals surface area contributed by atoms with Crippen LogP contribution >= 0.6 is 15.9 Å². The van der Waals surface area contributed by atoms with Crippen molar-refractivity contribution in [2.75, 3.05) is 0 Å². The van der Waals surface area contributed by atoms with Crippen LogP contribution in [0.4, 0.5) is 4.79 Å². The van der Waals surface area contributed by atoms with Crippen molar-refractivity contribution in [1.29, 1.82) is 0 Å². The van der Waals surface area contributed by atoms with Gasteiger partial charge in [-0.1, -0.05) is 44.2 Å². The van der Waals surface area contributed by atoms with E-state index < -0.39 is 0 Å². The van der Waals surface area contributed by atoms with Crippen molar-refractivity contribution in [2.24, 2.45) is 5.41 Å². The molecule has 2 aromatic rings. The number of carbonyl (C=O) groups is 1. The molecule has 2 unspecified atom stereocenters. The normalized spacial score (nSPS) is 22.5. The molecule has 0 bridgehead atoms. The zero-order valence-corrected chi connectivity index (χ0v) is 15.6. The zero-order chi connectivity index (χ0) is 17.4. The standard InChI is InChI=1S/C18H21BrN4O/c1-12(15-20-9-14(19)10-21-15)22-16(24)23-18(11-17(18,2)3)13-7-5-4-6-8-13/h4-10,12H,11H2,1-3H3,(H2,22,23,24). The molecule has 2 atom stereocenters. The van der Waals surface area contributed by atoms with Gasteiger partial charge in [0.15, 0.2) is 0 Å². The number of amides is 2. The van der Waals surface area contributed by atoms with Crippen LogP contribution in [0.15, 0.2) is 47.2 Å². The third-order valence-corrected chi connectivity index (χ3v) is 5.12. The number of carbonyl (C=O) groups excluding carboxylic acids is 1. The van der Waals surface area contributed by atoms with Crippen molar-refractivity contribution < 1.29 is 4.79 Å². The first-order chi connectivity index (χ1) is 11.3. The second-order valence-corrected chi connectivity index (χ2v) is 7.83. The Balaban J connectivity index is 1.70. The Morgan fingerprint density at radius 1 is 1.21 bits per heavy atom. The molecule has 2 amide bonds. The molecule has 2 N–H and O–H groups in total. The van der Waals surface area contributed by atoms with Gasteiger partial charge < -0.3 is 10.6 Å². The largest absolute Gasteiger partial charge is 0.328 e. The molecule has 0 saturated heterocycles. The molecule has 1 heterocycles. The highest BCUT2D eigenvalue weighted by Gasteiger charge is 2.63. The molecule has 126 valence electrons. The molecule has 24 heavy (non-hydrogen) atoms. The molecule has 0 radical (unpaired) electrons. The molecule has 0 aliphatic heterocycles. The fourth-order valence-electron chi connectivity index (χ4n) is 3.16. The Labute approximate surface area is 150 Å². The van der Waals surface area contributed by atoms with Gasteiger partial charge in [0.05, 0.1) is 16.1 Å². The van der Waals surface area contributed by atoms with E-state index in [0.29, 0.717) is 5.82 Å². The van der Waals surface area contributed by atoms with Crippen LogP contribution in [0.1, 0.15) is 44.6 Å². The Morgan fingerprint density at radius 3 is 2.33 bits per heavy atom. The Morgan fingerprint density at radius 2 is 1.79 bits per heavy atom. The number of rotatable bonds is 4. The van der Waals surface area contributed by atoms with E-state index in [2.05, 4.69) is 62.5 Å². The fraction of sp³-hybridized carbons (Fsp3) is 0.389. The molecule has 1 aliphatic rings. The highest BCUT2D eigenvalue weighted by Crippen LogP contribution is 2.62. The molecule has 1 fully saturated rings. The topological polar surface area (TPSA) is 66.9 Å². The van der Waals surface area contributed by atoms with Gasteiger partial charge in [-0.05, 0) is 40.3 Å². The summed E-state index contributed by atoms with van der Waals surface area (Å²) in [7, 11) is 0. The van der Waals surface area contributed by atoms with Gasteiger partial charge in [0, 0.05) is 12.4 Å². The maximum Gasteiger partial charge on any atom is 0.316 e. The van der Waals surface area contributed by atoms with Crippen LogP contribution in [0.5, 0.6) is 0 Å². The molecule has 1 aromatic heterocycles. The predicted molar refractivity (Wildman–Crippen MR) is 96.3 cm³/mol. The Kier molecular flexibility index (Phi) is 4.34. The zero-order valence-electron chi connectivity index (χ0n) is 14.0. The molecule has 0 spiro atoms. The monoisotopic (exact) mass is 388 g/mol. The predicted octanol–water partition coefficient (Wildman–Crippen LogP) is 3.92. The minimum Gasteiger partial charge on any atom is -0.328 e. The van der Waals surface area contributed by atoms with E-state index in [1.165, 1.54) is 0 Å². The van der Waals surface area contributed by atoms with Gasteiger partial charge in [-0.2, -0.15) is 0 Å². The van der Waals surface area contributed by atoms with Crippen LogP contribution in [0.3, 0.4) is 0 Å². The second kappa shape index (κ2) is 6.16. The lowest BCUT2D eigenvalue weighted by Gasteiger charge is -2.24. The van der Waals surface area contributed by atoms with Gasteiger partial charge in [-0.25, -0.2) is 14.8 Å². The van der Waals surface area contributed by atoms with Crippen LogP contribution in [0.25, 0.3) is 0 Å². The molecular formula is C18H21BrN4O. The average Bonchev–Trinajstić information content (AvgIpc) is 3.10. The van der Waals surface area contributed by atoms with Crippen molar-refractivity contribution in [3.8, 4) is 0 Å². The molecule has 1 saturated carbocycles. The second-order valence-electron chi connectivity index (χ2n) is 6.91. The van der Waals surface area contributed by atoms with Gasteiger partial charge in [0.1, 0.15) is 5.82 Å². The van der Waals surface area contributed by atoms with E-state index in [4.69, 9.17) is 0 Å². The van der Waals surface area contributed by atoms with Crippen molar-refractivity contribution in [3.63, 3.8) is 0 Å². The average molecular weight is 389 g/mol. The van der Waals surface area contributed by atoms with Crippen LogP contribution in [-0.4, -0.2) is 16.0 Å². The SMILES string of the molecule is CC(NC(=O)NC1(c2ccccc2)CC1(C)C)c1ncc(Br)cn1. The summed E-state index contributed by atoms with van der Waals surface area (Å²) in [5.41, 5.74) is 0.847. The highest BCUT2D eigenvalue weighted by molar-refractivity contribution is 9.10. The molecule has 3 rings (SSSR count). The summed E-state index contributed by atoms with van der Waals surface area (Å²) in [6.07, 6.45) is 4.27. The minimum absolute atomic E-state index is 0.0308. The smallest absolute Gasteiger partial charge is 0.316 e. The van der Waals surface area contributed by atoms with Gasteiger partial charge in [-0.3, -0.25) is 0 Å². The van der Waals surface area contributed by atoms with Gasteiger partial charge >= 0.3 is 6.03 Å². The first kappa shape index (κ1) is 16.9. The number of halogens is 1. The van der Waals surface area contributed by atoms with Gasteiger partial charge in [-0.15, -0.1) is 0 Å². The number of hydrogen-bond donors (Lipinski definition) is 2. The maximum absolute atomic E-state index is 12.5. The molecule has 6 heteroatoms. The summed E-state index contributed by atoms with van der Waals surface area (Å²) in [4.78, 5) is 21.0. The highest BCUT2D eigenvalue weighted by atomic mass is 79.9. The lowest BCUT2D eigenvalue weighted by atomic mass is 9.96. The molecule has 1 aliphatic carbocycles. The summed E-state index contributed by atoms with van der Waals surface area (Å²) >= 11 is 3.31. The van der Waals surface area contributed by atoms with E-state index >= 15 is 0 Å². The summed E-state index contributed by atoms with van der Waals surface area (Å²) in [6.45, 7) is 6.21. The molecule has 5 nitrogen and oxygen atoms in total. The van der Waals surface area contributed by atoms with E-state index in [9.17, 15) is 4.79 Å². The van der Waals surface area contributed by atoms with Crippen molar-refractivity contribution in [3.05, 3.63) is 58.6 Å². The summed E-state index contributed by atoms with van der Waals surface area (Å²) in [5.74, 6) is 0.581. The lowest BCUT2D eigenvalue weighted by molar-refractivity contribution is 0.228. The van der Waals surface area contributed by atoms with E-state index in [1.54, 1.807) is 12.4 Å². The van der Waals surface area contributed by atoms with Crippen LogP contribution in [-0.2, 0) is 5.54 Å². The van der Waals surface area contributed by atoms with Crippen molar-refractivity contribution in [2.45, 2.75) is 38.8 Å². The first-order valence-corrected chi connectivity index (χ1v) is 8.75. The summed E-state index contributed by atoms with van der Waals surface area (Å²) < 4.78 is 0.811. The van der Waals surface area contributed by atoms with Crippen LogP contribution in [0.2, 0.25) is 0 Å². The number of benzene rings is 1.